The number of hydrogen-bond acceptors (Lipinski definition) is 4. The molecule has 4 rings (SSSR count). The van der Waals surface area contributed by atoms with Crippen LogP contribution in [0.4, 0.5) is 8.78 Å². The summed E-state index contributed by atoms with van der Waals surface area (Å²) in [5.74, 6) is -0.989. The lowest BCUT2D eigenvalue weighted by molar-refractivity contribution is 0.617. The molecule has 0 atom stereocenters. The molecule has 0 aliphatic rings. The van der Waals surface area contributed by atoms with E-state index in [2.05, 4.69) is 9.97 Å². The van der Waals surface area contributed by atoms with Gasteiger partial charge in [0.05, 0.1) is 11.4 Å². The van der Waals surface area contributed by atoms with Crippen molar-refractivity contribution < 1.29 is 8.78 Å². The number of hydrogen-bond donors (Lipinski definition) is 0. The summed E-state index contributed by atoms with van der Waals surface area (Å²) in [5, 5.41) is 0.817. The lowest BCUT2D eigenvalue weighted by Gasteiger charge is -2.14. The summed E-state index contributed by atoms with van der Waals surface area (Å²) in [6, 6.07) is 15.1. The quantitative estimate of drug-likeness (QED) is 0.389. The normalized spacial score (nSPS) is 11.1. The van der Waals surface area contributed by atoms with Gasteiger partial charge in [0.15, 0.2) is 10.8 Å². The molecule has 2 aromatic carbocycles. The molecule has 0 unspecified atom stereocenters. The third kappa shape index (κ3) is 3.00. The highest BCUT2D eigenvalue weighted by atomic mass is 32.2. The molecular weight excluding hydrogens is 368 g/mol. The van der Waals surface area contributed by atoms with Gasteiger partial charge in [0, 0.05) is 17.0 Å². The van der Waals surface area contributed by atoms with Crippen LogP contribution in [-0.2, 0) is 0 Å². The number of aromatic nitrogens is 3. The molecule has 0 N–H and O–H groups in total. The molecule has 0 aliphatic heterocycles. The fourth-order valence-electron chi connectivity index (χ4n) is 2.91. The molecule has 0 fully saturated rings. The highest BCUT2D eigenvalue weighted by Crippen LogP contribution is 2.30. The van der Waals surface area contributed by atoms with Gasteiger partial charge in [-0.2, -0.15) is 0 Å². The van der Waals surface area contributed by atoms with E-state index in [1.54, 1.807) is 42.7 Å². The average molecular weight is 381 g/mol. The third-order valence-electron chi connectivity index (χ3n) is 4.13. The van der Waals surface area contributed by atoms with Crippen LogP contribution in [0.1, 0.15) is 0 Å². The molecule has 0 amide bonds. The Morgan fingerprint density at radius 2 is 1.59 bits per heavy atom. The van der Waals surface area contributed by atoms with Crippen molar-refractivity contribution in [3.63, 3.8) is 0 Å². The topological polar surface area (TPSA) is 47.8 Å². The van der Waals surface area contributed by atoms with Crippen LogP contribution in [0.15, 0.2) is 70.6 Å². The minimum atomic E-state index is -0.552. The molecule has 0 spiro atoms. The van der Waals surface area contributed by atoms with Crippen molar-refractivity contribution in [3.8, 4) is 16.9 Å². The lowest BCUT2D eigenvalue weighted by Crippen LogP contribution is -2.20. The second-order valence-electron chi connectivity index (χ2n) is 5.73. The molecule has 134 valence electrons. The molecule has 7 heteroatoms. The first-order valence-electron chi connectivity index (χ1n) is 8.08. The van der Waals surface area contributed by atoms with Gasteiger partial charge in [-0.1, -0.05) is 36.0 Å². The van der Waals surface area contributed by atoms with Crippen molar-refractivity contribution >= 4 is 22.8 Å². The summed E-state index contributed by atoms with van der Waals surface area (Å²) in [6.07, 6.45) is 1.78. The summed E-state index contributed by atoms with van der Waals surface area (Å²) in [6.45, 7) is 0. The van der Waals surface area contributed by atoms with Crippen LogP contribution in [-0.4, -0.2) is 20.8 Å². The van der Waals surface area contributed by atoms with Gasteiger partial charge in [0.2, 0.25) is 0 Å². The van der Waals surface area contributed by atoms with Crippen LogP contribution in [0, 0.1) is 11.6 Å². The van der Waals surface area contributed by atoms with Crippen LogP contribution >= 0.6 is 11.8 Å². The minimum Gasteiger partial charge on any atom is -0.269 e. The first-order chi connectivity index (χ1) is 13.1. The molecule has 4 nitrogen and oxygen atoms in total. The van der Waals surface area contributed by atoms with Crippen LogP contribution in [0.25, 0.3) is 28.0 Å². The molecule has 2 heterocycles. The Balaban J connectivity index is 2.15. The van der Waals surface area contributed by atoms with E-state index in [1.807, 2.05) is 0 Å². The molecule has 0 aliphatic carbocycles. The molecular formula is C20H13F2N3OS. The minimum absolute atomic E-state index is 0.0818. The maximum atomic E-state index is 14.4. The van der Waals surface area contributed by atoms with Gasteiger partial charge in [-0.05, 0) is 36.6 Å². The second kappa shape index (κ2) is 6.92. The smallest absolute Gasteiger partial charge is 0.256 e. The van der Waals surface area contributed by atoms with Crippen molar-refractivity contribution in [2.24, 2.45) is 0 Å². The SMILES string of the molecule is CSc1nc(-c2ccccc2F)c2ccc(=O)n(-c3ccccc3F)c2n1. The fourth-order valence-corrected chi connectivity index (χ4v) is 3.27. The number of thioether (sulfide) groups is 1. The molecule has 0 bridgehead atoms. The predicted molar refractivity (Wildman–Crippen MR) is 102 cm³/mol. The summed E-state index contributed by atoms with van der Waals surface area (Å²) >= 11 is 1.26. The van der Waals surface area contributed by atoms with E-state index < -0.39 is 17.2 Å². The van der Waals surface area contributed by atoms with Crippen LogP contribution < -0.4 is 5.56 Å². The molecule has 0 saturated carbocycles. The summed E-state index contributed by atoms with van der Waals surface area (Å²) in [4.78, 5) is 21.4. The summed E-state index contributed by atoms with van der Waals surface area (Å²) in [5.41, 5.74) is 0.521. The number of pyridine rings is 1. The van der Waals surface area contributed by atoms with Gasteiger partial charge in [0.25, 0.3) is 5.56 Å². The number of halogens is 2. The van der Waals surface area contributed by atoms with E-state index >= 15 is 0 Å². The van der Waals surface area contributed by atoms with Gasteiger partial charge < -0.3 is 0 Å². The van der Waals surface area contributed by atoms with Gasteiger partial charge >= 0.3 is 0 Å². The zero-order valence-electron chi connectivity index (χ0n) is 14.2. The number of rotatable bonds is 3. The highest BCUT2D eigenvalue weighted by molar-refractivity contribution is 7.98. The van der Waals surface area contributed by atoms with Crippen LogP contribution in [0.2, 0.25) is 0 Å². The number of nitrogens with zero attached hydrogens (tertiary/aromatic N) is 3. The Kier molecular flexibility index (Phi) is 4.45. The maximum Gasteiger partial charge on any atom is 0.256 e. The van der Waals surface area contributed by atoms with Crippen molar-refractivity contribution in [3.05, 3.63) is 82.7 Å². The first-order valence-corrected chi connectivity index (χ1v) is 9.30. The molecule has 4 aromatic rings. The summed E-state index contributed by atoms with van der Waals surface area (Å²) in [7, 11) is 0. The Labute approximate surface area is 157 Å². The maximum absolute atomic E-state index is 14.4. The monoisotopic (exact) mass is 381 g/mol. The van der Waals surface area contributed by atoms with Gasteiger partial charge in [-0.25, -0.2) is 18.7 Å². The van der Waals surface area contributed by atoms with E-state index in [0.29, 0.717) is 21.8 Å². The Morgan fingerprint density at radius 1 is 0.889 bits per heavy atom. The third-order valence-corrected chi connectivity index (χ3v) is 4.68. The van der Waals surface area contributed by atoms with Gasteiger partial charge in [-0.15, -0.1) is 0 Å². The molecule has 0 radical (unpaired) electrons. The van der Waals surface area contributed by atoms with Crippen LogP contribution in [0.3, 0.4) is 0 Å². The average Bonchev–Trinajstić information content (AvgIpc) is 2.68. The van der Waals surface area contributed by atoms with E-state index in [9.17, 15) is 13.6 Å². The van der Waals surface area contributed by atoms with Gasteiger partial charge in [0.1, 0.15) is 11.6 Å². The van der Waals surface area contributed by atoms with Crippen LogP contribution in [0.5, 0.6) is 0 Å². The van der Waals surface area contributed by atoms with Crippen molar-refractivity contribution in [2.75, 3.05) is 6.26 Å². The second-order valence-corrected chi connectivity index (χ2v) is 6.51. The zero-order chi connectivity index (χ0) is 19.0. The summed E-state index contributed by atoms with van der Waals surface area (Å²) < 4.78 is 30.0. The van der Waals surface area contributed by atoms with Gasteiger partial charge in [-0.3, -0.25) is 9.36 Å². The molecule has 0 saturated heterocycles. The first kappa shape index (κ1) is 17.4. The van der Waals surface area contributed by atoms with Crippen molar-refractivity contribution in [1.82, 2.24) is 14.5 Å². The lowest BCUT2D eigenvalue weighted by atomic mass is 10.1. The molecule has 27 heavy (non-hydrogen) atoms. The van der Waals surface area contributed by atoms with E-state index in [-0.39, 0.29) is 11.3 Å². The standard InChI is InChI=1S/C20H13F2N3OS/c1-27-20-23-18(12-6-2-3-7-14(12)21)13-10-11-17(26)25(19(13)24-20)16-9-5-4-8-15(16)22/h2-11H,1H3. The largest absolute Gasteiger partial charge is 0.269 e. The highest BCUT2D eigenvalue weighted by Gasteiger charge is 2.18. The Hall–Kier alpha value is -3.06. The van der Waals surface area contributed by atoms with E-state index in [0.717, 1.165) is 0 Å². The number of para-hydroxylation sites is 1. The fraction of sp³-hybridized carbons (Fsp3) is 0.0500. The number of fused-ring (bicyclic) bond motifs is 1. The van der Waals surface area contributed by atoms with E-state index in [1.165, 1.54) is 40.6 Å². The molecule has 2 aromatic heterocycles. The van der Waals surface area contributed by atoms with Crippen molar-refractivity contribution in [1.29, 1.82) is 0 Å². The number of benzene rings is 2. The Bertz CT molecular complexity index is 1220. The zero-order valence-corrected chi connectivity index (χ0v) is 15.0. The van der Waals surface area contributed by atoms with Crippen molar-refractivity contribution in [2.45, 2.75) is 5.16 Å². The Morgan fingerprint density at radius 3 is 2.30 bits per heavy atom. The van der Waals surface area contributed by atoms with E-state index in [4.69, 9.17) is 0 Å². The predicted octanol–water partition coefficient (Wildman–Crippen LogP) is 4.45.